The number of ether oxygens (including phenoxy) is 2. The van der Waals surface area contributed by atoms with E-state index in [0.29, 0.717) is 29.2 Å². The lowest BCUT2D eigenvalue weighted by molar-refractivity contribution is -0.139. The lowest BCUT2D eigenvalue weighted by atomic mass is 9.92. The Morgan fingerprint density at radius 2 is 1.83 bits per heavy atom. The minimum Gasteiger partial charge on any atom is -0.490 e. The first-order valence-corrected chi connectivity index (χ1v) is 9.32. The van der Waals surface area contributed by atoms with Crippen LogP contribution in [0.15, 0.2) is 48.7 Å². The van der Waals surface area contributed by atoms with Crippen LogP contribution in [0, 0.1) is 18.3 Å². The molecule has 0 amide bonds. The third-order valence-corrected chi connectivity index (χ3v) is 4.47. The van der Waals surface area contributed by atoms with Crippen molar-refractivity contribution in [3.8, 4) is 39.8 Å². The van der Waals surface area contributed by atoms with Gasteiger partial charge in [-0.1, -0.05) is 35.9 Å². The molecular weight excluding hydrogens is 382 g/mol. The number of aryl methyl sites for hydroxylation is 1. The Hall–Kier alpha value is -4.05. The molecule has 0 saturated carbocycles. The molecule has 0 bridgehead atoms. The highest BCUT2D eigenvalue weighted by Gasteiger charge is 2.19. The molecule has 30 heavy (non-hydrogen) atoms. The molecule has 1 heterocycles. The Bertz CT molecular complexity index is 1120. The zero-order valence-electron chi connectivity index (χ0n) is 16.7. The molecule has 3 rings (SSSR count). The summed E-state index contributed by atoms with van der Waals surface area (Å²) in [6.45, 7) is 3.69. The molecule has 0 aliphatic heterocycles. The zero-order valence-corrected chi connectivity index (χ0v) is 16.7. The molecule has 0 atom stereocenters. The van der Waals surface area contributed by atoms with Gasteiger partial charge in [-0.15, -0.1) is 0 Å². The minimum atomic E-state index is -1.09. The maximum absolute atomic E-state index is 10.9. The summed E-state index contributed by atoms with van der Waals surface area (Å²) in [5, 5.41) is 18.6. The fraction of sp³-hybridized carbons (Fsp3) is 0.174. The van der Waals surface area contributed by atoms with E-state index in [2.05, 4.69) is 11.1 Å². The van der Waals surface area contributed by atoms with E-state index in [4.69, 9.17) is 20.3 Å². The van der Waals surface area contributed by atoms with Crippen molar-refractivity contribution >= 4 is 11.8 Å². The summed E-state index contributed by atoms with van der Waals surface area (Å²) in [7, 11) is 0. The number of anilines is 1. The number of carboxylic acid groups (broad SMARTS) is 1. The lowest BCUT2D eigenvalue weighted by Gasteiger charge is -2.16. The molecular formula is C23H21N3O4. The third-order valence-electron chi connectivity index (χ3n) is 4.47. The van der Waals surface area contributed by atoms with Crippen molar-refractivity contribution in [1.82, 2.24) is 4.98 Å². The average Bonchev–Trinajstić information content (AvgIpc) is 2.73. The zero-order chi connectivity index (χ0) is 21.7. The van der Waals surface area contributed by atoms with E-state index in [-0.39, 0.29) is 11.4 Å². The Morgan fingerprint density at radius 1 is 1.13 bits per heavy atom. The number of hydrogen-bond donors (Lipinski definition) is 2. The summed E-state index contributed by atoms with van der Waals surface area (Å²) < 4.78 is 11.0. The Balaban J connectivity index is 2.19. The van der Waals surface area contributed by atoms with Gasteiger partial charge in [0.15, 0.2) is 18.1 Å². The van der Waals surface area contributed by atoms with E-state index in [1.165, 1.54) is 0 Å². The van der Waals surface area contributed by atoms with Gasteiger partial charge in [0.1, 0.15) is 17.5 Å². The van der Waals surface area contributed by atoms with E-state index >= 15 is 0 Å². The van der Waals surface area contributed by atoms with Crippen LogP contribution in [-0.2, 0) is 4.79 Å². The van der Waals surface area contributed by atoms with Gasteiger partial charge < -0.3 is 20.3 Å². The monoisotopic (exact) mass is 403 g/mol. The number of hydrogen-bond acceptors (Lipinski definition) is 6. The fourth-order valence-electron chi connectivity index (χ4n) is 3.08. The van der Waals surface area contributed by atoms with Crippen molar-refractivity contribution in [2.45, 2.75) is 13.8 Å². The highest BCUT2D eigenvalue weighted by Crippen LogP contribution is 2.40. The predicted molar refractivity (Wildman–Crippen MR) is 113 cm³/mol. The van der Waals surface area contributed by atoms with E-state index in [9.17, 15) is 10.1 Å². The molecule has 0 radical (unpaired) electrons. The molecule has 0 aliphatic carbocycles. The van der Waals surface area contributed by atoms with Crippen molar-refractivity contribution in [1.29, 1.82) is 5.26 Å². The molecule has 1 aromatic heterocycles. The second kappa shape index (κ2) is 8.97. The molecule has 7 heteroatoms. The van der Waals surface area contributed by atoms with Crippen molar-refractivity contribution < 1.29 is 19.4 Å². The van der Waals surface area contributed by atoms with Crippen LogP contribution in [0.25, 0.3) is 22.3 Å². The number of rotatable bonds is 7. The summed E-state index contributed by atoms with van der Waals surface area (Å²) in [4.78, 5) is 15.0. The van der Waals surface area contributed by atoms with Crippen molar-refractivity contribution in [3.63, 3.8) is 0 Å². The van der Waals surface area contributed by atoms with Gasteiger partial charge in [-0.05, 0) is 37.1 Å². The summed E-state index contributed by atoms with van der Waals surface area (Å²) in [6.07, 6.45) is 1.64. The second-order valence-electron chi connectivity index (χ2n) is 6.56. The first-order chi connectivity index (χ1) is 14.4. The molecule has 3 aromatic rings. The molecule has 0 aliphatic rings. The highest BCUT2D eigenvalue weighted by molar-refractivity contribution is 5.90. The van der Waals surface area contributed by atoms with Gasteiger partial charge in [0.25, 0.3) is 0 Å². The lowest BCUT2D eigenvalue weighted by Crippen LogP contribution is -2.10. The molecule has 0 fully saturated rings. The SMILES string of the molecule is CCOc1cc(-c2c(-c3ccc(C)cc3)cnc(N)c2C#N)ccc1OCC(=O)O. The van der Waals surface area contributed by atoms with Crippen LogP contribution < -0.4 is 15.2 Å². The highest BCUT2D eigenvalue weighted by atomic mass is 16.5. The quantitative estimate of drug-likeness (QED) is 0.611. The Kier molecular flexibility index (Phi) is 6.18. The maximum atomic E-state index is 10.9. The molecule has 7 nitrogen and oxygen atoms in total. The number of carboxylic acids is 1. The largest absolute Gasteiger partial charge is 0.490 e. The standard InChI is InChI=1S/C23H21N3O4/c1-3-29-20-10-16(8-9-19(20)30-13-21(27)28)22-17(11-24)23(25)26-12-18(22)15-6-4-14(2)5-7-15/h4-10,12H,3,13H2,1-2H3,(H2,25,26)(H,27,28). The number of nitrogens with two attached hydrogens (primary N) is 1. The number of nitrogens with zero attached hydrogens (tertiary/aromatic N) is 2. The minimum absolute atomic E-state index is 0.132. The molecule has 2 aromatic carbocycles. The van der Waals surface area contributed by atoms with Gasteiger partial charge in [-0.25, -0.2) is 9.78 Å². The van der Waals surface area contributed by atoms with Crippen LogP contribution in [0.2, 0.25) is 0 Å². The Morgan fingerprint density at radius 3 is 2.47 bits per heavy atom. The van der Waals surface area contributed by atoms with Crippen LogP contribution in [-0.4, -0.2) is 29.3 Å². The smallest absolute Gasteiger partial charge is 0.341 e. The molecule has 0 unspecified atom stereocenters. The first-order valence-electron chi connectivity index (χ1n) is 9.32. The number of benzene rings is 2. The molecule has 3 N–H and O–H groups in total. The number of nitriles is 1. The predicted octanol–water partition coefficient (Wildman–Crippen LogP) is 4.04. The van der Waals surface area contributed by atoms with Gasteiger partial charge >= 0.3 is 5.97 Å². The summed E-state index contributed by atoms with van der Waals surface area (Å²) in [5.74, 6) is -0.268. The van der Waals surface area contributed by atoms with E-state index < -0.39 is 12.6 Å². The second-order valence-corrected chi connectivity index (χ2v) is 6.56. The van der Waals surface area contributed by atoms with Crippen molar-refractivity contribution in [2.75, 3.05) is 18.9 Å². The number of aliphatic carboxylic acids is 1. The van der Waals surface area contributed by atoms with Gasteiger partial charge in [-0.3, -0.25) is 0 Å². The van der Waals surface area contributed by atoms with Crippen molar-refractivity contribution in [3.05, 3.63) is 59.8 Å². The Labute approximate surface area is 174 Å². The summed E-state index contributed by atoms with van der Waals surface area (Å²) >= 11 is 0. The number of nitrogen functional groups attached to an aromatic ring is 1. The average molecular weight is 403 g/mol. The van der Waals surface area contributed by atoms with Crippen LogP contribution in [0.5, 0.6) is 11.5 Å². The van der Waals surface area contributed by atoms with E-state index in [1.807, 2.05) is 38.1 Å². The van der Waals surface area contributed by atoms with Gasteiger partial charge in [0.2, 0.25) is 0 Å². The third kappa shape index (κ3) is 4.33. The molecule has 0 spiro atoms. The van der Waals surface area contributed by atoms with Crippen LogP contribution in [0.3, 0.4) is 0 Å². The van der Waals surface area contributed by atoms with Gasteiger partial charge in [0, 0.05) is 17.3 Å². The topological polar surface area (TPSA) is 118 Å². The van der Waals surface area contributed by atoms with Crippen LogP contribution in [0.1, 0.15) is 18.1 Å². The van der Waals surface area contributed by atoms with Crippen molar-refractivity contribution in [2.24, 2.45) is 0 Å². The van der Waals surface area contributed by atoms with Gasteiger partial charge in [-0.2, -0.15) is 5.26 Å². The van der Waals surface area contributed by atoms with Crippen LogP contribution in [0.4, 0.5) is 5.82 Å². The maximum Gasteiger partial charge on any atom is 0.341 e. The summed E-state index contributed by atoms with van der Waals surface area (Å²) in [5.41, 5.74) is 10.3. The van der Waals surface area contributed by atoms with Gasteiger partial charge in [0.05, 0.1) is 6.61 Å². The molecule has 152 valence electrons. The van der Waals surface area contributed by atoms with E-state index in [0.717, 1.165) is 16.7 Å². The number of pyridine rings is 1. The number of carbonyl (C=O) groups is 1. The van der Waals surface area contributed by atoms with E-state index in [1.54, 1.807) is 24.4 Å². The normalized spacial score (nSPS) is 10.3. The number of aromatic nitrogens is 1. The molecule has 0 saturated heterocycles. The summed E-state index contributed by atoms with van der Waals surface area (Å²) in [6, 6.07) is 15.1. The fourth-order valence-corrected chi connectivity index (χ4v) is 3.08. The first kappa shape index (κ1) is 20.7. The van der Waals surface area contributed by atoms with Crippen LogP contribution >= 0.6 is 0 Å².